The van der Waals surface area contributed by atoms with E-state index in [0.717, 1.165) is 6.42 Å². The Morgan fingerprint density at radius 2 is 1.61 bits per heavy atom. The third kappa shape index (κ3) is 7.83. The molecule has 0 bridgehead atoms. The van der Waals surface area contributed by atoms with Crippen LogP contribution in [0.2, 0.25) is 0 Å². The first-order valence-corrected chi connectivity index (χ1v) is 16.9. The van der Waals surface area contributed by atoms with Crippen LogP contribution in [0.5, 0.6) is 0 Å². The zero-order chi connectivity index (χ0) is 31.6. The number of aromatic nitrogens is 1. The summed E-state index contributed by atoms with van der Waals surface area (Å²) in [6.07, 6.45) is 7.66. The number of methoxy groups -OCH3 is 1. The van der Waals surface area contributed by atoms with Gasteiger partial charge < -0.3 is 9.57 Å². The first kappa shape index (κ1) is 34.0. The monoisotopic (exact) mass is 639 g/mol. The normalized spacial score (nSPS) is 18.0. The number of rotatable bonds is 17. The second-order valence-electron chi connectivity index (χ2n) is 10.8. The summed E-state index contributed by atoms with van der Waals surface area (Å²) in [5, 5.41) is 0. The van der Waals surface area contributed by atoms with E-state index in [1.165, 1.54) is 29.2 Å². The number of pyridine rings is 1. The summed E-state index contributed by atoms with van der Waals surface area (Å²) >= 11 is 5.28. The van der Waals surface area contributed by atoms with Crippen molar-refractivity contribution in [3.63, 3.8) is 0 Å². The molecule has 8 nitrogen and oxygen atoms in total. The number of phosphoric acid groups is 1. The van der Waals surface area contributed by atoms with Gasteiger partial charge in [-0.25, -0.2) is 9.36 Å². The Morgan fingerprint density at radius 1 is 1.02 bits per heavy atom. The second-order valence-corrected chi connectivity index (χ2v) is 12.8. The van der Waals surface area contributed by atoms with Crippen LogP contribution in [0, 0.1) is 10.6 Å². The Kier molecular flexibility index (Phi) is 11.9. The van der Waals surface area contributed by atoms with Gasteiger partial charge >= 0.3 is 13.8 Å². The van der Waals surface area contributed by atoms with Crippen molar-refractivity contribution in [1.29, 1.82) is 0 Å². The van der Waals surface area contributed by atoms with Crippen molar-refractivity contribution in [2.24, 2.45) is 5.92 Å². The van der Waals surface area contributed by atoms with E-state index in [-0.39, 0.29) is 18.6 Å². The molecule has 2 aromatic carbocycles. The molecular formula is C34H42NO7PS. The highest BCUT2D eigenvalue weighted by atomic mass is 32.1. The predicted octanol–water partition coefficient (Wildman–Crippen LogP) is 7.88. The van der Waals surface area contributed by atoms with Gasteiger partial charge in [0.15, 0.2) is 5.60 Å². The molecule has 0 aliphatic heterocycles. The summed E-state index contributed by atoms with van der Waals surface area (Å²) in [6.45, 7) is 5.14. The van der Waals surface area contributed by atoms with Gasteiger partial charge in [0.25, 0.3) is 0 Å². The number of hydrogen-bond acceptors (Lipinski definition) is 8. The maximum Gasteiger partial charge on any atom is 0.475 e. The summed E-state index contributed by atoms with van der Waals surface area (Å²) < 4.78 is 37.4. The fraction of sp³-hybridized carbons (Fsp3) is 0.412. The van der Waals surface area contributed by atoms with Crippen molar-refractivity contribution < 1.29 is 32.5 Å². The van der Waals surface area contributed by atoms with E-state index < -0.39 is 25.5 Å². The molecule has 1 fully saturated rings. The highest BCUT2D eigenvalue weighted by Crippen LogP contribution is 2.59. The minimum Gasteiger partial charge on any atom is -0.364 e. The van der Waals surface area contributed by atoms with Crippen molar-refractivity contribution in [3.05, 3.63) is 113 Å². The van der Waals surface area contributed by atoms with Crippen LogP contribution in [-0.4, -0.2) is 42.7 Å². The minimum atomic E-state index is -4.00. The first-order chi connectivity index (χ1) is 21.2. The predicted molar refractivity (Wildman–Crippen MR) is 173 cm³/mol. The maximum absolute atomic E-state index is 13.5. The van der Waals surface area contributed by atoms with E-state index in [2.05, 4.69) is 60.7 Å². The van der Waals surface area contributed by atoms with Gasteiger partial charge in [-0.15, -0.1) is 0 Å². The van der Waals surface area contributed by atoms with E-state index in [4.69, 9.17) is 35.4 Å². The van der Waals surface area contributed by atoms with Crippen molar-refractivity contribution >= 4 is 26.0 Å². The van der Waals surface area contributed by atoms with Gasteiger partial charge in [-0.1, -0.05) is 91.1 Å². The molecule has 0 radical (unpaired) electrons. The zero-order valence-corrected chi connectivity index (χ0v) is 27.5. The number of hydrogen-bond donors (Lipinski definition) is 0. The molecular weight excluding hydrogens is 597 g/mol. The molecule has 4 rings (SSSR count). The highest BCUT2D eigenvalue weighted by Gasteiger charge is 2.54. The molecule has 1 saturated carbocycles. The van der Waals surface area contributed by atoms with Crippen molar-refractivity contribution in [1.82, 2.24) is 4.73 Å². The lowest BCUT2D eigenvalue weighted by Gasteiger charge is -2.35. The van der Waals surface area contributed by atoms with Crippen LogP contribution in [0.3, 0.4) is 0 Å². The largest absolute Gasteiger partial charge is 0.475 e. The first-order valence-electron chi connectivity index (χ1n) is 15.0. The Hall–Kier alpha value is -2.91. The number of ether oxygens (including phenoxy) is 1. The molecule has 3 atom stereocenters. The van der Waals surface area contributed by atoms with Gasteiger partial charge in [0.2, 0.25) is 0 Å². The van der Waals surface area contributed by atoms with E-state index in [0.29, 0.717) is 29.8 Å². The van der Waals surface area contributed by atoms with Gasteiger partial charge in [0.05, 0.1) is 13.2 Å². The summed E-state index contributed by atoms with van der Waals surface area (Å²) in [7, 11) is -2.61. The van der Waals surface area contributed by atoms with Crippen LogP contribution < -0.4 is 4.84 Å². The van der Waals surface area contributed by atoms with Crippen LogP contribution in [0.15, 0.2) is 97.2 Å². The summed E-state index contributed by atoms with van der Waals surface area (Å²) in [5.41, 5.74) is 0.933. The Labute approximate surface area is 265 Å². The molecule has 0 spiro atoms. The summed E-state index contributed by atoms with van der Waals surface area (Å²) in [5.74, 6) is -0.388. The molecule has 3 unspecified atom stereocenters. The lowest BCUT2D eigenvalue weighted by molar-refractivity contribution is -0.181. The molecule has 0 amide bonds. The van der Waals surface area contributed by atoms with Crippen molar-refractivity contribution in [2.45, 2.75) is 63.6 Å². The van der Waals surface area contributed by atoms with Gasteiger partial charge in [0, 0.05) is 18.7 Å². The number of allylic oxidation sites excluding steroid dienone is 2. The molecule has 236 valence electrons. The fourth-order valence-corrected chi connectivity index (χ4v) is 7.14. The number of unbranched alkanes of at least 4 members (excludes halogenated alkanes) is 1. The summed E-state index contributed by atoms with van der Waals surface area (Å²) in [6, 6.07) is 26.3. The average Bonchev–Trinajstić information content (AvgIpc) is 3.77. The number of carbonyl (C=O) groups is 1. The SMILES string of the molecule is CCOP(=O)(OCC)OC(CCC/C=C/C1CC1(c1ccccc1)c1ccccc1)C(C)(OC)C(=O)On1ccccc1=S. The van der Waals surface area contributed by atoms with E-state index >= 15 is 0 Å². The smallest absolute Gasteiger partial charge is 0.364 e. The molecule has 1 aliphatic carbocycles. The Bertz CT molecular complexity index is 1450. The van der Waals surface area contributed by atoms with Crippen LogP contribution in [0.1, 0.15) is 57.6 Å². The van der Waals surface area contributed by atoms with Crippen LogP contribution in [0.4, 0.5) is 0 Å². The standard InChI is InChI=1S/C34H42NO7PS/c1-5-39-43(37,40-6-2)42-30(33(3,38-4)32(36)41-35-25-17-16-24-31(35)44)23-15-9-14-22-29-26-34(29,27-18-10-7-11-19-27)28-20-12-8-13-21-28/h7-8,10-14,16-22,24-25,29-30H,5-6,9,15,23,26H2,1-4H3/b22-14+. The molecule has 1 aliphatic rings. The molecule has 3 aromatic rings. The molecule has 1 aromatic heterocycles. The molecule has 0 N–H and O–H groups in total. The molecule has 10 heteroatoms. The average molecular weight is 640 g/mol. The molecule has 0 saturated heterocycles. The van der Waals surface area contributed by atoms with Crippen molar-refractivity contribution in [2.75, 3.05) is 20.3 Å². The summed E-state index contributed by atoms with van der Waals surface area (Å²) in [4.78, 5) is 19.1. The van der Waals surface area contributed by atoms with Gasteiger partial charge in [-0.3, -0.25) is 13.6 Å². The van der Waals surface area contributed by atoms with Crippen LogP contribution >= 0.6 is 20.0 Å². The number of nitrogens with zero attached hydrogens (tertiary/aromatic N) is 1. The lowest BCUT2D eigenvalue weighted by atomic mass is 9.85. The fourth-order valence-electron chi connectivity index (χ4n) is 5.52. The van der Waals surface area contributed by atoms with Crippen LogP contribution in [-0.2, 0) is 33.1 Å². The third-order valence-electron chi connectivity index (χ3n) is 8.04. The lowest BCUT2D eigenvalue weighted by Crippen LogP contribution is -2.53. The van der Waals surface area contributed by atoms with Gasteiger partial charge in [0.1, 0.15) is 10.7 Å². The van der Waals surface area contributed by atoms with E-state index in [1.807, 2.05) is 12.1 Å². The Morgan fingerprint density at radius 3 is 2.16 bits per heavy atom. The second kappa shape index (κ2) is 15.4. The topological polar surface area (TPSA) is 85.2 Å². The Balaban J connectivity index is 1.49. The van der Waals surface area contributed by atoms with Crippen molar-refractivity contribution in [3.8, 4) is 0 Å². The third-order valence-corrected chi connectivity index (χ3v) is 10.0. The van der Waals surface area contributed by atoms with E-state index in [9.17, 15) is 9.36 Å². The molecule has 1 heterocycles. The van der Waals surface area contributed by atoms with E-state index in [1.54, 1.807) is 39.0 Å². The maximum atomic E-state index is 13.5. The van der Waals surface area contributed by atoms with Gasteiger partial charge in [-0.05, 0) is 75.6 Å². The quantitative estimate of drug-likeness (QED) is 0.0639. The van der Waals surface area contributed by atoms with Gasteiger partial charge in [-0.2, -0.15) is 4.73 Å². The molecule has 44 heavy (non-hydrogen) atoms. The number of benzene rings is 2. The highest BCUT2D eigenvalue weighted by molar-refractivity contribution is 7.71. The number of carbonyl (C=O) groups excluding carboxylic acids is 1. The number of phosphoric ester groups is 1. The van der Waals surface area contributed by atoms with Crippen LogP contribution in [0.25, 0.3) is 0 Å². The minimum absolute atomic E-state index is 0.0384. The zero-order valence-electron chi connectivity index (χ0n) is 25.8.